The number of carbonyl (C=O) groups is 1. The Kier molecular flexibility index (Phi) is 6.45. The Balaban J connectivity index is 1.78. The van der Waals surface area contributed by atoms with Gasteiger partial charge in [-0.25, -0.2) is 4.79 Å². The summed E-state index contributed by atoms with van der Waals surface area (Å²) in [7, 11) is 0. The van der Waals surface area contributed by atoms with Crippen LogP contribution in [0, 0.1) is 29.6 Å². The Morgan fingerprint density at radius 3 is 2.17 bits per heavy atom. The van der Waals surface area contributed by atoms with Gasteiger partial charge in [-0.15, -0.1) is 0 Å². The molecule has 1 aliphatic rings. The first-order valence-electron chi connectivity index (χ1n) is 9.42. The van der Waals surface area contributed by atoms with E-state index >= 15 is 0 Å². The predicted octanol–water partition coefficient (Wildman–Crippen LogP) is 4.61. The van der Waals surface area contributed by atoms with Crippen LogP contribution in [0.1, 0.15) is 29.5 Å². The third kappa shape index (κ3) is 5.12. The second kappa shape index (κ2) is 9.39. The van der Waals surface area contributed by atoms with Crippen molar-refractivity contribution in [3.63, 3.8) is 0 Å². The van der Waals surface area contributed by atoms with Gasteiger partial charge in [-0.1, -0.05) is 42.0 Å². The van der Waals surface area contributed by atoms with Gasteiger partial charge in [0.05, 0.1) is 30.6 Å². The van der Waals surface area contributed by atoms with E-state index in [-0.39, 0.29) is 5.97 Å². The summed E-state index contributed by atoms with van der Waals surface area (Å²) < 4.78 is 5.41. The number of cyclic esters (lactones) is 1. The van der Waals surface area contributed by atoms with E-state index in [1.54, 1.807) is 12.2 Å². The number of aryl methyl sites for hydroxylation is 1. The molecule has 3 rings (SSSR count). The van der Waals surface area contributed by atoms with Gasteiger partial charge in [0.15, 0.2) is 0 Å². The Hall–Kier alpha value is -3.83. The van der Waals surface area contributed by atoms with E-state index in [0.29, 0.717) is 37.3 Å². The van der Waals surface area contributed by atoms with Gasteiger partial charge in [-0.2, -0.15) is 10.5 Å². The van der Waals surface area contributed by atoms with Gasteiger partial charge < -0.3 is 9.64 Å². The molecule has 144 valence electrons. The first-order chi connectivity index (χ1) is 14.1. The number of ether oxygens (including phenoxy) is 1. The molecule has 0 saturated heterocycles. The van der Waals surface area contributed by atoms with Gasteiger partial charge in [0.25, 0.3) is 0 Å². The van der Waals surface area contributed by atoms with Crippen LogP contribution in [-0.2, 0) is 9.53 Å². The maximum absolute atomic E-state index is 12.2. The SMILES string of the molecule is Cc1ccc(C2=CC(=Cc3ccc(N(CCC#N)CCC#N)cc3)C(=O)O2)cc1. The molecule has 5 heteroatoms. The summed E-state index contributed by atoms with van der Waals surface area (Å²) in [5, 5.41) is 17.7. The highest BCUT2D eigenvalue weighted by atomic mass is 16.5. The Bertz CT molecular complexity index is 1000. The minimum Gasteiger partial charge on any atom is -0.422 e. The lowest BCUT2D eigenvalue weighted by Crippen LogP contribution is -2.25. The van der Waals surface area contributed by atoms with Crippen molar-refractivity contribution in [3.05, 3.63) is 76.9 Å². The van der Waals surface area contributed by atoms with Gasteiger partial charge in [-0.05, 0) is 36.8 Å². The predicted molar refractivity (Wildman–Crippen MR) is 112 cm³/mol. The maximum atomic E-state index is 12.2. The summed E-state index contributed by atoms with van der Waals surface area (Å²) in [6.07, 6.45) is 4.35. The van der Waals surface area contributed by atoms with E-state index in [0.717, 1.165) is 22.4 Å². The monoisotopic (exact) mass is 383 g/mol. The average Bonchev–Trinajstić information content (AvgIpc) is 3.10. The number of nitriles is 2. The molecule has 0 fully saturated rings. The molecular formula is C24H21N3O2. The second-order valence-corrected chi connectivity index (χ2v) is 6.76. The van der Waals surface area contributed by atoms with Crippen molar-refractivity contribution in [2.75, 3.05) is 18.0 Å². The van der Waals surface area contributed by atoms with Crippen LogP contribution in [0.5, 0.6) is 0 Å². The fraction of sp³-hybridized carbons (Fsp3) is 0.208. The van der Waals surface area contributed by atoms with E-state index < -0.39 is 0 Å². The maximum Gasteiger partial charge on any atom is 0.343 e. The van der Waals surface area contributed by atoms with Crippen molar-refractivity contribution in [2.45, 2.75) is 19.8 Å². The van der Waals surface area contributed by atoms with Crippen LogP contribution in [0.2, 0.25) is 0 Å². The summed E-state index contributed by atoms with van der Waals surface area (Å²) >= 11 is 0. The van der Waals surface area contributed by atoms with Gasteiger partial charge in [-0.3, -0.25) is 0 Å². The van der Waals surface area contributed by atoms with Crippen molar-refractivity contribution < 1.29 is 9.53 Å². The Morgan fingerprint density at radius 1 is 0.966 bits per heavy atom. The highest BCUT2D eigenvalue weighted by Gasteiger charge is 2.21. The van der Waals surface area contributed by atoms with E-state index in [9.17, 15) is 4.79 Å². The van der Waals surface area contributed by atoms with Crippen LogP contribution in [0.3, 0.4) is 0 Å². The lowest BCUT2D eigenvalue weighted by atomic mass is 10.1. The van der Waals surface area contributed by atoms with Gasteiger partial charge in [0.1, 0.15) is 5.76 Å². The molecule has 1 aliphatic heterocycles. The van der Waals surface area contributed by atoms with E-state index in [4.69, 9.17) is 15.3 Å². The van der Waals surface area contributed by atoms with Crippen LogP contribution in [0.25, 0.3) is 11.8 Å². The minimum atomic E-state index is -0.366. The van der Waals surface area contributed by atoms with Crippen LogP contribution in [0.15, 0.2) is 60.2 Å². The molecule has 5 nitrogen and oxygen atoms in total. The molecule has 0 saturated carbocycles. The van der Waals surface area contributed by atoms with E-state index in [1.807, 2.05) is 60.4 Å². The molecule has 29 heavy (non-hydrogen) atoms. The molecule has 0 aromatic heterocycles. The summed E-state index contributed by atoms with van der Waals surface area (Å²) in [5.41, 5.74) is 4.34. The van der Waals surface area contributed by atoms with Crippen molar-refractivity contribution in [2.24, 2.45) is 0 Å². The summed E-state index contributed by atoms with van der Waals surface area (Å²) in [5.74, 6) is 0.186. The molecule has 0 amide bonds. The number of hydrogen-bond acceptors (Lipinski definition) is 5. The number of anilines is 1. The summed E-state index contributed by atoms with van der Waals surface area (Å²) in [6, 6.07) is 19.8. The number of esters is 1. The minimum absolute atomic E-state index is 0.366. The lowest BCUT2D eigenvalue weighted by molar-refractivity contribution is -0.130. The molecule has 0 aliphatic carbocycles. The first kappa shape index (κ1) is 19.9. The summed E-state index contributed by atoms with van der Waals surface area (Å²) in [4.78, 5) is 14.2. The molecule has 2 aromatic rings. The fourth-order valence-corrected chi connectivity index (χ4v) is 3.05. The standard InChI is InChI=1S/C24H21N3O2/c1-18-4-8-20(9-5-18)23-17-21(24(28)29-23)16-19-6-10-22(11-7-19)27(14-2-12-25)15-3-13-26/h4-11,16-17H,2-3,14-15H2,1H3. The van der Waals surface area contributed by atoms with Crippen molar-refractivity contribution in [1.29, 1.82) is 10.5 Å². The number of nitrogens with zero attached hydrogens (tertiary/aromatic N) is 3. The molecule has 2 aromatic carbocycles. The van der Waals surface area contributed by atoms with Gasteiger partial charge >= 0.3 is 5.97 Å². The first-order valence-corrected chi connectivity index (χ1v) is 9.42. The largest absolute Gasteiger partial charge is 0.422 e. The van der Waals surface area contributed by atoms with Crippen LogP contribution in [0.4, 0.5) is 5.69 Å². The van der Waals surface area contributed by atoms with Crippen LogP contribution < -0.4 is 4.90 Å². The topological polar surface area (TPSA) is 77.1 Å². The van der Waals surface area contributed by atoms with Crippen LogP contribution >= 0.6 is 0 Å². The lowest BCUT2D eigenvalue weighted by Gasteiger charge is -2.22. The molecule has 0 bridgehead atoms. The Morgan fingerprint density at radius 2 is 1.59 bits per heavy atom. The van der Waals surface area contributed by atoms with Crippen molar-refractivity contribution >= 4 is 23.5 Å². The van der Waals surface area contributed by atoms with E-state index in [2.05, 4.69) is 12.1 Å². The normalized spacial score (nSPS) is 14.1. The molecule has 0 spiro atoms. The molecular weight excluding hydrogens is 362 g/mol. The summed E-state index contributed by atoms with van der Waals surface area (Å²) in [6.45, 7) is 3.16. The third-order valence-electron chi connectivity index (χ3n) is 4.63. The quantitative estimate of drug-likeness (QED) is 0.515. The Labute approximate surface area is 170 Å². The van der Waals surface area contributed by atoms with Crippen molar-refractivity contribution in [3.8, 4) is 12.1 Å². The zero-order valence-corrected chi connectivity index (χ0v) is 16.3. The second-order valence-electron chi connectivity index (χ2n) is 6.76. The number of benzene rings is 2. The van der Waals surface area contributed by atoms with E-state index in [1.165, 1.54) is 0 Å². The fourth-order valence-electron chi connectivity index (χ4n) is 3.05. The molecule has 1 heterocycles. The molecule has 0 unspecified atom stereocenters. The third-order valence-corrected chi connectivity index (χ3v) is 4.63. The van der Waals surface area contributed by atoms with Crippen molar-refractivity contribution in [1.82, 2.24) is 0 Å². The van der Waals surface area contributed by atoms with Gasteiger partial charge in [0.2, 0.25) is 0 Å². The number of carbonyl (C=O) groups excluding carboxylic acids is 1. The number of hydrogen-bond donors (Lipinski definition) is 0. The molecule has 0 N–H and O–H groups in total. The molecule has 0 radical (unpaired) electrons. The number of rotatable bonds is 7. The zero-order valence-electron chi connectivity index (χ0n) is 16.3. The highest BCUT2D eigenvalue weighted by Crippen LogP contribution is 2.28. The van der Waals surface area contributed by atoms with Crippen LogP contribution in [-0.4, -0.2) is 19.1 Å². The zero-order chi connectivity index (χ0) is 20.6. The van der Waals surface area contributed by atoms with Gasteiger partial charge in [0, 0.05) is 24.3 Å². The molecule has 0 atom stereocenters. The highest BCUT2D eigenvalue weighted by molar-refractivity contribution is 6.05. The average molecular weight is 383 g/mol. The smallest absolute Gasteiger partial charge is 0.343 e.